The fraction of sp³-hybridized carbons (Fsp3) is 0.385. The molecular formula is C13H15NO3. The van der Waals surface area contributed by atoms with Gasteiger partial charge in [0.2, 0.25) is 5.91 Å². The van der Waals surface area contributed by atoms with E-state index in [2.05, 4.69) is 5.32 Å². The lowest BCUT2D eigenvalue weighted by molar-refractivity contribution is -0.147. The van der Waals surface area contributed by atoms with Crippen molar-refractivity contribution >= 4 is 11.9 Å². The van der Waals surface area contributed by atoms with Crippen LogP contribution in [0, 0.1) is 0 Å². The van der Waals surface area contributed by atoms with Gasteiger partial charge in [0.15, 0.2) is 0 Å². The Morgan fingerprint density at radius 3 is 2.24 bits per heavy atom. The van der Waals surface area contributed by atoms with Gasteiger partial charge in [0.1, 0.15) is 5.54 Å². The molecule has 0 aromatic heterocycles. The van der Waals surface area contributed by atoms with Crippen molar-refractivity contribution in [1.82, 2.24) is 5.32 Å². The average molecular weight is 233 g/mol. The SMILES string of the molecule is CCC(=O)NC1(C(=O)O)Cc2ccccc2C1. The number of carbonyl (C=O) groups is 2. The molecule has 0 fully saturated rings. The number of hydrogen-bond acceptors (Lipinski definition) is 2. The molecule has 4 nitrogen and oxygen atoms in total. The van der Waals surface area contributed by atoms with E-state index in [-0.39, 0.29) is 5.91 Å². The Hall–Kier alpha value is -1.84. The maximum absolute atomic E-state index is 11.5. The second kappa shape index (κ2) is 4.20. The Labute approximate surface area is 99.6 Å². The molecule has 1 aromatic carbocycles. The molecule has 0 aliphatic heterocycles. The van der Waals surface area contributed by atoms with E-state index >= 15 is 0 Å². The fourth-order valence-electron chi connectivity index (χ4n) is 2.26. The molecule has 0 spiro atoms. The minimum absolute atomic E-state index is 0.222. The minimum atomic E-state index is -1.16. The van der Waals surface area contributed by atoms with Crippen LogP contribution >= 0.6 is 0 Å². The summed E-state index contributed by atoms with van der Waals surface area (Å²) in [5, 5.41) is 12.0. The van der Waals surface area contributed by atoms with Crippen LogP contribution in [0.5, 0.6) is 0 Å². The van der Waals surface area contributed by atoms with E-state index in [1.165, 1.54) is 0 Å². The number of carboxylic acids is 1. The highest BCUT2D eigenvalue weighted by molar-refractivity contribution is 5.88. The Balaban J connectivity index is 2.29. The maximum atomic E-state index is 11.5. The van der Waals surface area contributed by atoms with Crippen LogP contribution in [0.3, 0.4) is 0 Å². The molecule has 17 heavy (non-hydrogen) atoms. The van der Waals surface area contributed by atoms with Gasteiger partial charge in [0, 0.05) is 19.3 Å². The lowest BCUT2D eigenvalue weighted by atomic mass is 9.95. The molecule has 1 amide bonds. The molecule has 0 atom stereocenters. The highest BCUT2D eigenvalue weighted by atomic mass is 16.4. The first-order valence-corrected chi connectivity index (χ1v) is 5.68. The first-order chi connectivity index (χ1) is 8.07. The number of aliphatic carboxylic acids is 1. The van der Waals surface area contributed by atoms with Crippen molar-refractivity contribution in [2.75, 3.05) is 0 Å². The molecule has 4 heteroatoms. The summed E-state index contributed by atoms with van der Waals surface area (Å²) in [7, 11) is 0. The highest BCUT2D eigenvalue weighted by Gasteiger charge is 2.44. The molecule has 0 unspecified atom stereocenters. The van der Waals surface area contributed by atoms with Gasteiger partial charge in [-0.25, -0.2) is 4.79 Å². The van der Waals surface area contributed by atoms with E-state index in [9.17, 15) is 14.7 Å². The Morgan fingerprint density at radius 2 is 1.82 bits per heavy atom. The highest BCUT2D eigenvalue weighted by Crippen LogP contribution is 2.30. The predicted molar refractivity (Wildman–Crippen MR) is 62.7 cm³/mol. The summed E-state index contributed by atoms with van der Waals surface area (Å²) in [6.45, 7) is 1.72. The van der Waals surface area contributed by atoms with Gasteiger partial charge in [-0.2, -0.15) is 0 Å². The fourth-order valence-corrected chi connectivity index (χ4v) is 2.26. The van der Waals surface area contributed by atoms with Crippen molar-refractivity contribution < 1.29 is 14.7 Å². The van der Waals surface area contributed by atoms with E-state index in [0.29, 0.717) is 19.3 Å². The molecule has 2 rings (SSSR count). The number of nitrogens with one attached hydrogen (secondary N) is 1. The van der Waals surface area contributed by atoms with Crippen molar-refractivity contribution in [3.63, 3.8) is 0 Å². The zero-order valence-corrected chi connectivity index (χ0v) is 9.69. The van der Waals surface area contributed by atoms with E-state index in [0.717, 1.165) is 11.1 Å². The van der Waals surface area contributed by atoms with Gasteiger partial charge in [0.05, 0.1) is 0 Å². The molecule has 0 bridgehead atoms. The Kier molecular flexibility index (Phi) is 2.88. The third-order valence-corrected chi connectivity index (χ3v) is 3.21. The zero-order valence-electron chi connectivity index (χ0n) is 9.69. The summed E-state index contributed by atoms with van der Waals surface area (Å²) >= 11 is 0. The summed E-state index contributed by atoms with van der Waals surface area (Å²) < 4.78 is 0. The minimum Gasteiger partial charge on any atom is -0.479 e. The second-order valence-electron chi connectivity index (χ2n) is 4.41. The van der Waals surface area contributed by atoms with Crippen molar-refractivity contribution in [3.8, 4) is 0 Å². The standard InChI is InChI=1S/C13H15NO3/c1-2-11(15)14-13(12(16)17)7-9-5-3-4-6-10(9)8-13/h3-6H,2,7-8H2,1H3,(H,14,15)(H,16,17). The molecule has 0 saturated heterocycles. The number of benzene rings is 1. The van der Waals surface area contributed by atoms with E-state index in [1.807, 2.05) is 24.3 Å². The molecule has 1 aliphatic carbocycles. The van der Waals surface area contributed by atoms with Crippen LogP contribution in [0.4, 0.5) is 0 Å². The normalized spacial score (nSPS) is 16.3. The van der Waals surface area contributed by atoms with E-state index in [1.54, 1.807) is 6.92 Å². The maximum Gasteiger partial charge on any atom is 0.330 e. The second-order valence-corrected chi connectivity index (χ2v) is 4.41. The molecular weight excluding hydrogens is 218 g/mol. The van der Waals surface area contributed by atoms with Crippen LogP contribution in [-0.2, 0) is 22.4 Å². The molecule has 90 valence electrons. The van der Waals surface area contributed by atoms with Crippen LogP contribution in [-0.4, -0.2) is 22.5 Å². The Bertz CT molecular complexity index is 442. The summed E-state index contributed by atoms with van der Waals surface area (Å²) in [6, 6.07) is 7.60. The van der Waals surface area contributed by atoms with Crippen LogP contribution in [0.1, 0.15) is 24.5 Å². The van der Waals surface area contributed by atoms with Crippen LogP contribution in [0.25, 0.3) is 0 Å². The van der Waals surface area contributed by atoms with Gasteiger partial charge in [-0.3, -0.25) is 4.79 Å². The quantitative estimate of drug-likeness (QED) is 0.822. The number of fused-ring (bicyclic) bond motifs is 1. The smallest absolute Gasteiger partial charge is 0.330 e. The third kappa shape index (κ3) is 2.02. The van der Waals surface area contributed by atoms with Crippen molar-refractivity contribution in [1.29, 1.82) is 0 Å². The van der Waals surface area contributed by atoms with Gasteiger partial charge in [-0.05, 0) is 11.1 Å². The summed E-state index contributed by atoms with van der Waals surface area (Å²) in [5.41, 5.74) is 0.856. The van der Waals surface area contributed by atoms with Gasteiger partial charge in [0.25, 0.3) is 0 Å². The van der Waals surface area contributed by atoms with Crippen LogP contribution in [0.2, 0.25) is 0 Å². The van der Waals surface area contributed by atoms with Crippen molar-refractivity contribution in [2.45, 2.75) is 31.7 Å². The lowest BCUT2D eigenvalue weighted by Gasteiger charge is -2.25. The number of amides is 1. The van der Waals surface area contributed by atoms with Gasteiger partial charge >= 0.3 is 5.97 Å². The average Bonchev–Trinajstić information content (AvgIpc) is 2.68. The molecule has 1 aromatic rings. The summed E-state index contributed by atoms with van der Waals surface area (Å²) in [4.78, 5) is 22.9. The van der Waals surface area contributed by atoms with Crippen LogP contribution in [0.15, 0.2) is 24.3 Å². The molecule has 2 N–H and O–H groups in total. The van der Waals surface area contributed by atoms with Crippen molar-refractivity contribution in [3.05, 3.63) is 35.4 Å². The van der Waals surface area contributed by atoms with Gasteiger partial charge in [-0.15, -0.1) is 0 Å². The number of carbonyl (C=O) groups excluding carboxylic acids is 1. The van der Waals surface area contributed by atoms with E-state index < -0.39 is 11.5 Å². The number of hydrogen-bond donors (Lipinski definition) is 2. The lowest BCUT2D eigenvalue weighted by Crippen LogP contribution is -2.55. The topological polar surface area (TPSA) is 66.4 Å². The summed E-state index contributed by atoms with van der Waals surface area (Å²) in [6.07, 6.45) is 1.03. The largest absolute Gasteiger partial charge is 0.479 e. The third-order valence-electron chi connectivity index (χ3n) is 3.21. The van der Waals surface area contributed by atoms with Gasteiger partial charge in [-0.1, -0.05) is 31.2 Å². The van der Waals surface area contributed by atoms with Crippen molar-refractivity contribution in [2.24, 2.45) is 0 Å². The first-order valence-electron chi connectivity index (χ1n) is 5.68. The zero-order chi connectivity index (χ0) is 12.5. The van der Waals surface area contributed by atoms with Crippen LogP contribution < -0.4 is 5.32 Å². The Morgan fingerprint density at radius 1 is 1.29 bits per heavy atom. The van der Waals surface area contributed by atoms with Gasteiger partial charge < -0.3 is 10.4 Å². The number of rotatable bonds is 3. The monoisotopic (exact) mass is 233 g/mol. The first kappa shape index (κ1) is 11.6. The molecule has 1 aliphatic rings. The number of carboxylic acid groups (broad SMARTS) is 1. The molecule has 0 heterocycles. The summed E-state index contributed by atoms with van der Waals surface area (Å²) in [5.74, 6) is -1.18. The molecule has 0 radical (unpaired) electrons. The predicted octanol–water partition coefficient (Wildman–Crippen LogP) is 1.13. The molecule has 0 saturated carbocycles. The van der Waals surface area contributed by atoms with E-state index in [4.69, 9.17) is 0 Å².